The van der Waals surface area contributed by atoms with Gasteiger partial charge in [0, 0.05) is 17.5 Å². The van der Waals surface area contributed by atoms with E-state index < -0.39 is 12.2 Å². The van der Waals surface area contributed by atoms with Crippen molar-refractivity contribution in [2.45, 2.75) is 20.1 Å². The van der Waals surface area contributed by atoms with Gasteiger partial charge >= 0.3 is 12.2 Å². The molecule has 0 fully saturated rings. The average Bonchev–Trinajstić information content (AvgIpc) is 2.61. The van der Waals surface area contributed by atoms with Crippen molar-refractivity contribution >= 4 is 22.6 Å². The van der Waals surface area contributed by atoms with Crippen molar-refractivity contribution < 1.29 is 27.4 Å². The molecular weight excluding hydrogens is 382 g/mol. The third kappa shape index (κ3) is 4.31. The molecule has 142 valence electrons. The minimum Gasteiger partial charge on any atom is -0.493 e. The van der Waals surface area contributed by atoms with Crippen LogP contribution in [0.5, 0.6) is 17.2 Å². The van der Waals surface area contributed by atoms with Crippen LogP contribution in [-0.2, 0) is 6.61 Å². The Morgan fingerprint density at radius 2 is 1.89 bits per heavy atom. The molecule has 0 aliphatic rings. The van der Waals surface area contributed by atoms with Gasteiger partial charge in [0.05, 0.1) is 12.1 Å². The summed E-state index contributed by atoms with van der Waals surface area (Å²) in [7, 11) is 1.35. The standard InChI is InChI=1S/C19H15ClF2O5/c1-10-5-18(23)26-15-8-16(13(20)7-12(10)15)25-9-11-3-4-14(27-19(21)22)17(6-11)24-2/h3-8,19H,9H2,1-2H3. The Morgan fingerprint density at radius 3 is 2.59 bits per heavy atom. The lowest BCUT2D eigenvalue weighted by molar-refractivity contribution is -0.0512. The van der Waals surface area contributed by atoms with Gasteiger partial charge in [0.15, 0.2) is 11.5 Å². The summed E-state index contributed by atoms with van der Waals surface area (Å²) < 4.78 is 45.1. The minimum absolute atomic E-state index is 0.0720. The van der Waals surface area contributed by atoms with Crippen LogP contribution in [0.2, 0.25) is 5.02 Å². The molecule has 1 heterocycles. The molecule has 0 bridgehead atoms. The zero-order valence-corrected chi connectivity index (χ0v) is 15.2. The van der Waals surface area contributed by atoms with Crippen molar-refractivity contribution in [2.75, 3.05) is 7.11 Å². The lowest BCUT2D eigenvalue weighted by atomic mass is 10.1. The summed E-state index contributed by atoms with van der Waals surface area (Å²) in [6.45, 7) is -1.08. The molecule has 0 aliphatic heterocycles. The van der Waals surface area contributed by atoms with E-state index in [1.54, 1.807) is 19.1 Å². The summed E-state index contributed by atoms with van der Waals surface area (Å²) in [6.07, 6.45) is 0. The van der Waals surface area contributed by atoms with Gasteiger partial charge in [0.1, 0.15) is 17.9 Å². The van der Waals surface area contributed by atoms with Crippen LogP contribution in [-0.4, -0.2) is 13.7 Å². The van der Waals surface area contributed by atoms with E-state index in [2.05, 4.69) is 4.74 Å². The van der Waals surface area contributed by atoms with Crippen molar-refractivity contribution in [3.63, 3.8) is 0 Å². The Hall–Kier alpha value is -2.80. The topological polar surface area (TPSA) is 57.9 Å². The minimum atomic E-state index is -2.95. The zero-order chi connectivity index (χ0) is 19.6. The number of hydrogen-bond donors (Lipinski definition) is 0. The maximum Gasteiger partial charge on any atom is 0.387 e. The smallest absolute Gasteiger partial charge is 0.387 e. The molecule has 1 aromatic heterocycles. The zero-order valence-electron chi connectivity index (χ0n) is 14.4. The Kier molecular flexibility index (Phi) is 5.51. The van der Waals surface area contributed by atoms with Gasteiger partial charge in [-0.15, -0.1) is 0 Å². The second-order valence-corrected chi connectivity index (χ2v) is 6.09. The molecule has 0 saturated carbocycles. The first-order chi connectivity index (χ1) is 12.9. The molecule has 0 unspecified atom stereocenters. The molecule has 5 nitrogen and oxygen atoms in total. The van der Waals surface area contributed by atoms with Crippen LogP contribution >= 0.6 is 11.6 Å². The van der Waals surface area contributed by atoms with Crippen LogP contribution in [0.4, 0.5) is 8.78 Å². The fourth-order valence-electron chi connectivity index (χ4n) is 2.59. The summed E-state index contributed by atoms with van der Waals surface area (Å²) in [5.41, 5.74) is 1.29. The van der Waals surface area contributed by atoms with Gasteiger partial charge in [-0.3, -0.25) is 0 Å². The number of ether oxygens (including phenoxy) is 3. The highest BCUT2D eigenvalue weighted by molar-refractivity contribution is 6.32. The summed E-state index contributed by atoms with van der Waals surface area (Å²) >= 11 is 6.25. The normalized spacial score (nSPS) is 11.0. The molecule has 2 aromatic carbocycles. The van der Waals surface area contributed by atoms with Crippen molar-refractivity contribution in [3.05, 3.63) is 63.0 Å². The van der Waals surface area contributed by atoms with Gasteiger partial charge < -0.3 is 18.6 Å². The highest BCUT2D eigenvalue weighted by Gasteiger charge is 2.13. The van der Waals surface area contributed by atoms with E-state index in [0.29, 0.717) is 27.3 Å². The number of fused-ring (bicyclic) bond motifs is 1. The molecule has 27 heavy (non-hydrogen) atoms. The van der Waals surface area contributed by atoms with E-state index in [-0.39, 0.29) is 18.1 Å². The Labute approximate surface area is 158 Å². The van der Waals surface area contributed by atoms with Crippen molar-refractivity contribution in [1.29, 1.82) is 0 Å². The summed E-state index contributed by atoms with van der Waals surface area (Å²) in [5, 5.41) is 1.06. The highest BCUT2D eigenvalue weighted by Crippen LogP contribution is 2.33. The van der Waals surface area contributed by atoms with Crippen LogP contribution < -0.4 is 19.8 Å². The van der Waals surface area contributed by atoms with Crippen molar-refractivity contribution in [3.8, 4) is 17.2 Å². The molecular formula is C19H15ClF2O5. The first kappa shape index (κ1) is 19.0. The monoisotopic (exact) mass is 396 g/mol. The SMILES string of the molecule is COc1cc(COc2cc3oc(=O)cc(C)c3cc2Cl)ccc1OC(F)F. The predicted octanol–water partition coefficient (Wildman–Crippen LogP) is 4.94. The van der Waals surface area contributed by atoms with Crippen LogP contribution in [0, 0.1) is 6.92 Å². The number of benzene rings is 2. The summed E-state index contributed by atoms with van der Waals surface area (Å²) in [5.74, 6) is 0.407. The Balaban J connectivity index is 1.84. The number of methoxy groups -OCH3 is 1. The van der Waals surface area contributed by atoms with E-state index in [9.17, 15) is 13.6 Å². The summed E-state index contributed by atoms with van der Waals surface area (Å²) in [4.78, 5) is 11.5. The number of hydrogen-bond acceptors (Lipinski definition) is 5. The van der Waals surface area contributed by atoms with Crippen LogP contribution in [0.15, 0.2) is 45.6 Å². The van der Waals surface area contributed by atoms with Gasteiger partial charge in [0.2, 0.25) is 0 Å². The number of alkyl halides is 2. The van der Waals surface area contributed by atoms with Crippen molar-refractivity contribution in [2.24, 2.45) is 0 Å². The Morgan fingerprint density at radius 1 is 1.11 bits per heavy atom. The fourth-order valence-corrected chi connectivity index (χ4v) is 2.80. The molecule has 3 rings (SSSR count). The Bertz CT molecular complexity index is 1030. The fraction of sp³-hybridized carbons (Fsp3) is 0.211. The first-order valence-electron chi connectivity index (χ1n) is 7.86. The van der Waals surface area contributed by atoms with E-state index in [4.69, 9.17) is 25.5 Å². The van der Waals surface area contributed by atoms with Crippen LogP contribution in [0.3, 0.4) is 0 Å². The molecule has 0 N–H and O–H groups in total. The van der Waals surface area contributed by atoms with Crippen LogP contribution in [0.25, 0.3) is 11.0 Å². The van der Waals surface area contributed by atoms with Gasteiger partial charge in [0.25, 0.3) is 0 Å². The molecule has 8 heteroatoms. The van der Waals surface area contributed by atoms with Gasteiger partial charge in [-0.1, -0.05) is 17.7 Å². The second-order valence-electron chi connectivity index (χ2n) is 5.68. The molecule has 0 amide bonds. The highest BCUT2D eigenvalue weighted by atomic mass is 35.5. The predicted molar refractivity (Wildman–Crippen MR) is 96.2 cm³/mol. The third-order valence-corrected chi connectivity index (χ3v) is 4.14. The van der Waals surface area contributed by atoms with E-state index in [1.807, 2.05) is 0 Å². The van der Waals surface area contributed by atoms with E-state index in [0.717, 1.165) is 5.56 Å². The second kappa shape index (κ2) is 7.84. The molecule has 0 radical (unpaired) electrons. The number of rotatable bonds is 6. The molecule has 0 saturated heterocycles. The first-order valence-corrected chi connectivity index (χ1v) is 8.23. The third-order valence-electron chi connectivity index (χ3n) is 3.84. The molecule has 0 aliphatic carbocycles. The lowest BCUT2D eigenvalue weighted by Crippen LogP contribution is -2.04. The van der Waals surface area contributed by atoms with E-state index >= 15 is 0 Å². The quantitative estimate of drug-likeness (QED) is 0.552. The van der Waals surface area contributed by atoms with Crippen LogP contribution in [0.1, 0.15) is 11.1 Å². The summed E-state index contributed by atoms with van der Waals surface area (Å²) in [6, 6.07) is 9.04. The lowest BCUT2D eigenvalue weighted by Gasteiger charge is -2.13. The molecule has 3 aromatic rings. The van der Waals surface area contributed by atoms with Gasteiger partial charge in [-0.05, 0) is 36.2 Å². The number of aryl methyl sites for hydroxylation is 1. The molecule has 0 spiro atoms. The maximum atomic E-state index is 12.4. The number of halogens is 3. The average molecular weight is 397 g/mol. The molecule has 0 atom stereocenters. The van der Waals surface area contributed by atoms with Gasteiger partial charge in [-0.25, -0.2) is 4.79 Å². The maximum absolute atomic E-state index is 12.4. The largest absolute Gasteiger partial charge is 0.493 e. The van der Waals surface area contributed by atoms with Gasteiger partial charge in [-0.2, -0.15) is 8.78 Å². The van der Waals surface area contributed by atoms with E-state index in [1.165, 1.54) is 31.4 Å². The van der Waals surface area contributed by atoms with Crippen molar-refractivity contribution in [1.82, 2.24) is 0 Å².